The number of hydrogen-bond donors (Lipinski definition) is 0. The quantitative estimate of drug-likeness (QED) is 0.750. The van der Waals surface area contributed by atoms with E-state index in [0.29, 0.717) is 0 Å². The molecule has 2 aromatic rings. The lowest BCUT2D eigenvalue weighted by atomic mass is 10.2. The molecule has 1 aromatic heterocycles. The van der Waals surface area contributed by atoms with Gasteiger partial charge in [0.05, 0.1) is 0 Å². The first-order valence-corrected chi connectivity index (χ1v) is 7.10. The lowest BCUT2D eigenvalue weighted by Gasteiger charge is -2.03. The maximum absolute atomic E-state index is 6.09. The molecule has 0 aliphatic carbocycles. The van der Waals surface area contributed by atoms with Crippen LogP contribution in [0.1, 0.15) is 11.3 Å². The molecule has 0 saturated carbocycles. The highest BCUT2D eigenvalue weighted by Crippen LogP contribution is 2.21. The largest absolute Gasteiger partial charge is 0.261 e. The third kappa shape index (κ3) is 4.06. The summed E-state index contributed by atoms with van der Waals surface area (Å²) >= 11 is 7.99. The summed E-state index contributed by atoms with van der Waals surface area (Å²) in [5.74, 6) is 2.04. The number of aromatic nitrogens is 1. The van der Waals surface area contributed by atoms with Gasteiger partial charge in [-0.15, -0.1) is 0 Å². The van der Waals surface area contributed by atoms with Gasteiger partial charge >= 0.3 is 0 Å². The smallest absolute Gasteiger partial charge is 0.0446 e. The maximum Gasteiger partial charge on any atom is 0.0446 e. The average Bonchev–Trinajstić information content (AvgIpc) is 2.38. The lowest BCUT2D eigenvalue weighted by molar-refractivity contribution is 1.05. The summed E-state index contributed by atoms with van der Waals surface area (Å²) in [6.45, 7) is 0. The molecule has 0 aliphatic rings. The fraction of sp³-hybridized carbons (Fsp3) is 0.214. The van der Waals surface area contributed by atoms with Crippen molar-refractivity contribution in [1.82, 2.24) is 4.98 Å². The summed E-state index contributed by atoms with van der Waals surface area (Å²) in [5.41, 5.74) is 2.36. The summed E-state index contributed by atoms with van der Waals surface area (Å²) in [7, 11) is 0. The zero-order chi connectivity index (χ0) is 11.9. The monoisotopic (exact) mass is 263 g/mol. The maximum atomic E-state index is 6.09. The predicted octanol–water partition coefficient (Wildman–Crippen LogP) is 4.21. The molecule has 0 atom stereocenters. The third-order valence-electron chi connectivity index (χ3n) is 2.44. The Morgan fingerprint density at radius 2 is 1.88 bits per heavy atom. The predicted molar refractivity (Wildman–Crippen MR) is 75.6 cm³/mol. The van der Waals surface area contributed by atoms with Crippen LogP contribution in [0, 0.1) is 0 Å². The van der Waals surface area contributed by atoms with Crippen molar-refractivity contribution in [3.63, 3.8) is 0 Å². The minimum absolute atomic E-state index is 0.859. The first-order chi connectivity index (χ1) is 8.36. The second kappa shape index (κ2) is 6.67. The summed E-state index contributed by atoms with van der Waals surface area (Å²) in [6.07, 6.45) is 2.85. The van der Waals surface area contributed by atoms with Gasteiger partial charge in [-0.1, -0.05) is 35.9 Å². The van der Waals surface area contributed by atoms with Crippen molar-refractivity contribution < 1.29 is 0 Å². The Bertz CT molecular complexity index is 459. The standard InChI is InChI=1S/C14H14ClNS/c15-14-7-2-1-5-12(14)11-17-10-8-13-6-3-4-9-16-13/h1-7,9H,8,10-11H2. The van der Waals surface area contributed by atoms with Crippen LogP contribution in [0.15, 0.2) is 48.7 Å². The number of benzene rings is 1. The number of aryl methyl sites for hydroxylation is 1. The van der Waals surface area contributed by atoms with Crippen LogP contribution in [-0.4, -0.2) is 10.7 Å². The highest BCUT2D eigenvalue weighted by molar-refractivity contribution is 7.98. The molecular weight excluding hydrogens is 250 g/mol. The van der Waals surface area contributed by atoms with Crippen molar-refractivity contribution in [2.75, 3.05) is 5.75 Å². The fourth-order valence-electron chi connectivity index (χ4n) is 1.52. The Morgan fingerprint density at radius 1 is 1.06 bits per heavy atom. The molecule has 0 N–H and O–H groups in total. The molecule has 0 aliphatic heterocycles. The number of halogens is 1. The zero-order valence-electron chi connectivity index (χ0n) is 9.47. The molecule has 2 rings (SSSR count). The van der Waals surface area contributed by atoms with Crippen LogP contribution in [0.5, 0.6) is 0 Å². The van der Waals surface area contributed by atoms with E-state index in [0.717, 1.165) is 28.6 Å². The Labute approximate surface area is 111 Å². The first-order valence-electron chi connectivity index (χ1n) is 5.57. The Kier molecular flexibility index (Phi) is 4.89. The van der Waals surface area contributed by atoms with Crippen molar-refractivity contribution in [3.8, 4) is 0 Å². The summed E-state index contributed by atoms with van der Waals surface area (Å²) in [5, 5.41) is 0.859. The van der Waals surface area contributed by atoms with Crippen LogP contribution in [0.2, 0.25) is 5.02 Å². The SMILES string of the molecule is Clc1ccccc1CSCCc1ccccn1. The van der Waals surface area contributed by atoms with Crippen LogP contribution in [-0.2, 0) is 12.2 Å². The van der Waals surface area contributed by atoms with Crippen LogP contribution in [0.3, 0.4) is 0 Å². The van der Waals surface area contributed by atoms with E-state index in [-0.39, 0.29) is 0 Å². The van der Waals surface area contributed by atoms with Crippen LogP contribution >= 0.6 is 23.4 Å². The zero-order valence-corrected chi connectivity index (χ0v) is 11.0. The fourth-order valence-corrected chi connectivity index (χ4v) is 2.77. The van der Waals surface area contributed by atoms with Crippen molar-refractivity contribution in [3.05, 3.63) is 64.9 Å². The van der Waals surface area contributed by atoms with Gasteiger partial charge in [-0.05, 0) is 35.9 Å². The molecule has 1 aromatic carbocycles. The van der Waals surface area contributed by atoms with Gasteiger partial charge in [0.1, 0.15) is 0 Å². The molecule has 0 spiro atoms. The van der Waals surface area contributed by atoms with Gasteiger partial charge in [0, 0.05) is 22.7 Å². The Balaban J connectivity index is 1.76. The number of thioether (sulfide) groups is 1. The molecule has 0 fully saturated rings. The number of nitrogens with zero attached hydrogens (tertiary/aromatic N) is 1. The molecule has 1 heterocycles. The van der Waals surface area contributed by atoms with Crippen LogP contribution in [0.25, 0.3) is 0 Å². The highest BCUT2D eigenvalue weighted by atomic mass is 35.5. The second-order valence-corrected chi connectivity index (χ2v) is 5.23. The van der Waals surface area contributed by atoms with Crippen LogP contribution in [0.4, 0.5) is 0 Å². The minimum Gasteiger partial charge on any atom is -0.261 e. The van der Waals surface area contributed by atoms with E-state index in [1.54, 1.807) is 0 Å². The topological polar surface area (TPSA) is 12.9 Å². The van der Waals surface area contributed by atoms with E-state index in [2.05, 4.69) is 17.1 Å². The molecule has 0 radical (unpaired) electrons. The second-order valence-electron chi connectivity index (χ2n) is 3.72. The molecule has 3 heteroatoms. The average molecular weight is 264 g/mol. The van der Waals surface area contributed by atoms with Gasteiger partial charge in [-0.2, -0.15) is 11.8 Å². The van der Waals surface area contributed by atoms with Gasteiger partial charge < -0.3 is 0 Å². The van der Waals surface area contributed by atoms with E-state index in [1.165, 1.54) is 5.56 Å². The van der Waals surface area contributed by atoms with Gasteiger partial charge in [0.2, 0.25) is 0 Å². The number of hydrogen-bond acceptors (Lipinski definition) is 2. The minimum atomic E-state index is 0.859. The van der Waals surface area contributed by atoms with Gasteiger partial charge in [-0.25, -0.2) is 0 Å². The number of rotatable bonds is 5. The third-order valence-corrected chi connectivity index (χ3v) is 3.82. The van der Waals surface area contributed by atoms with Gasteiger partial charge in [0.25, 0.3) is 0 Å². The first kappa shape index (κ1) is 12.5. The van der Waals surface area contributed by atoms with Crippen molar-refractivity contribution in [1.29, 1.82) is 0 Å². The normalized spacial score (nSPS) is 10.4. The molecule has 1 nitrogen and oxygen atoms in total. The summed E-state index contributed by atoms with van der Waals surface area (Å²) in [4.78, 5) is 4.30. The molecule has 0 amide bonds. The lowest BCUT2D eigenvalue weighted by Crippen LogP contribution is -1.92. The van der Waals surface area contributed by atoms with Crippen molar-refractivity contribution in [2.24, 2.45) is 0 Å². The summed E-state index contributed by atoms with van der Waals surface area (Å²) < 4.78 is 0. The van der Waals surface area contributed by atoms with Crippen molar-refractivity contribution in [2.45, 2.75) is 12.2 Å². The molecule has 17 heavy (non-hydrogen) atoms. The van der Waals surface area contributed by atoms with E-state index in [4.69, 9.17) is 11.6 Å². The molecule has 0 bridgehead atoms. The van der Waals surface area contributed by atoms with Gasteiger partial charge in [-0.3, -0.25) is 4.98 Å². The van der Waals surface area contributed by atoms with E-state index >= 15 is 0 Å². The molecular formula is C14H14ClNS. The van der Waals surface area contributed by atoms with Crippen LogP contribution < -0.4 is 0 Å². The molecule has 88 valence electrons. The Hall–Kier alpha value is -0.990. The van der Waals surface area contributed by atoms with E-state index in [9.17, 15) is 0 Å². The van der Waals surface area contributed by atoms with E-state index in [1.807, 2.05) is 48.3 Å². The van der Waals surface area contributed by atoms with Gasteiger partial charge in [0.15, 0.2) is 0 Å². The molecule has 0 unspecified atom stereocenters. The highest BCUT2D eigenvalue weighted by Gasteiger charge is 1.99. The Morgan fingerprint density at radius 3 is 2.65 bits per heavy atom. The van der Waals surface area contributed by atoms with E-state index < -0.39 is 0 Å². The molecule has 0 saturated heterocycles. The summed E-state index contributed by atoms with van der Waals surface area (Å²) in [6, 6.07) is 14.1. The van der Waals surface area contributed by atoms with Crippen molar-refractivity contribution >= 4 is 23.4 Å². The number of pyridine rings is 1.